The predicted octanol–water partition coefficient (Wildman–Crippen LogP) is -1.28. The fraction of sp³-hybridized carbons (Fsp3) is 0.750. The minimum absolute atomic E-state index is 0.235. The van der Waals surface area contributed by atoms with E-state index in [1.807, 2.05) is 0 Å². The summed E-state index contributed by atoms with van der Waals surface area (Å²) >= 11 is 0. The predicted molar refractivity (Wildman–Crippen MR) is 45.9 cm³/mol. The molecular formula is C8H14N2O3. The Hall–Kier alpha value is -1.10. The van der Waals surface area contributed by atoms with E-state index in [-0.39, 0.29) is 6.54 Å². The highest BCUT2D eigenvalue weighted by atomic mass is 16.3. The molecule has 1 rings (SSSR count). The number of aliphatic hydroxyl groups is 1. The third-order valence-corrected chi connectivity index (χ3v) is 2.16. The Kier molecular flexibility index (Phi) is 2.56. The largest absolute Gasteiger partial charge is 0.388 e. The second kappa shape index (κ2) is 3.33. The Bertz CT molecular complexity index is 238. The fourth-order valence-corrected chi connectivity index (χ4v) is 1.37. The molecule has 1 aliphatic heterocycles. The first-order valence-electron chi connectivity index (χ1n) is 4.20. The molecule has 1 atom stereocenters. The van der Waals surface area contributed by atoms with Crippen LogP contribution in [-0.2, 0) is 9.59 Å². The number of nitrogens with zero attached hydrogens (tertiary/aromatic N) is 1. The molecule has 0 aromatic heterocycles. The zero-order valence-electron chi connectivity index (χ0n) is 7.83. The van der Waals surface area contributed by atoms with Crippen molar-refractivity contribution in [1.29, 1.82) is 0 Å². The monoisotopic (exact) mass is 186 g/mol. The van der Waals surface area contributed by atoms with E-state index in [2.05, 4.69) is 5.32 Å². The number of carbonyl (C=O) groups excluding carboxylic acids is 2. The van der Waals surface area contributed by atoms with Crippen molar-refractivity contribution >= 4 is 11.8 Å². The Balaban J connectivity index is 2.57. The Labute approximate surface area is 76.7 Å². The number of β-amino-alcohol motifs (C(OH)–C–C–N with tert-alkyl or cyclic N) is 1. The number of rotatable bonds is 0. The van der Waals surface area contributed by atoms with Crippen LogP contribution in [0.2, 0.25) is 0 Å². The van der Waals surface area contributed by atoms with Crippen LogP contribution in [0.15, 0.2) is 0 Å². The van der Waals surface area contributed by atoms with Crippen molar-refractivity contribution in [2.75, 3.05) is 20.1 Å². The molecular weight excluding hydrogens is 172 g/mol. The van der Waals surface area contributed by atoms with Crippen molar-refractivity contribution in [2.24, 2.45) is 0 Å². The van der Waals surface area contributed by atoms with Crippen molar-refractivity contribution in [1.82, 2.24) is 10.2 Å². The highest BCUT2D eigenvalue weighted by Crippen LogP contribution is 2.19. The minimum atomic E-state index is -0.844. The number of carbonyl (C=O) groups is 2. The molecule has 13 heavy (non-hydrogen) atoms. The van der Waals surface area contributed by atoms with Crippen molar-refractivity contribution in [3.05, 3.63) is 0 Å². The summed E-state index contributed by atoms with van der Waals surface area (Å²) in [6.45, 7) is 2.34. The van der Waals surface area contributed by atoms with E-state index >= 15 is 0 Å². The number of likely N-dealkylation sites (tertiary alicyclic amines) is 1. The molecule has 0 aliphatic carbocycles. The second-order valence-electron chi connectivity index (χ2n) is 3.55. The van der Waals surface area contributed by atoms with Gasteiger partial charge in [0.05, 0.1) is 5.60 Å². The highest BCUT2D eigenvalue weighted by molar-refractivity contribution is 6.34. The van der Waals surface area contributed by atoms with E-state index < -0.39 is 17.4 Å². The van der Waals surface area contributed by atoms with E-state index in [0.29, 0.717) is 13.0 Å². The summed E-state index contributed by atoms with van der Waals surface area (Å²) in [5.41, 5.74) is -0.844. The average Bonchev–Trinajstić information content (AvgIpc) is 2.43. The number of amides is 2. The molecule has 0 bridgehead atoms. The van der Waals surface area contributed by atoms with Crippen LogP contribution < -0.4 is 5.32 Å². The van der Waals surface area contributed by atoms with Gasteiger partial charge in [-0.1, -0.05) is 0 Å². The zero-order chi connectivity index (χ0) is 10.1. The van der Waals surface area contributed by atoms with Gasteiger partial charge in [-0.2, -0.15) is 0 Å². The third kappa shape index (κ3) is 2.18. The first-order valence-corrected chi connectivity index (χ1v) is 4.20. The van der Waals surface area contributed by atoms with Gasteiger partial charge in [0.15, 0.2) is 0 Å². The molecule has 2 amide bonds. The third-order valence-electron chi connectivity index (χ3n) is 2.16. The molecule has 0 aromatic rings. The normalized spacial score (nSPS) is 27.5. The molecule has 74 valence electrons. The first kappa shape index (κ1) is 9.98. The van der Waals surface area contributed by atoms with Crippen LogP contribution in [0.5, 0.6) is 0 Å². The van der Waals surface area contributed by atoms with Gasteiger partial charge in [0.1, 0.15) is 0 Å². The lowest BCUT2D eigenvalue weighted by atomic mass is 10.1. The zero-order valence-corrected chi connectivity index (χ0v) is 7.83. The van der Waals surface area contributed by atoms with Crippen molar-refractivity contribution in [2.45, 2.75) is 18.9 Å². The van der Waals surface area contributed by atoms with Crippen molar-refractivity contribution in [3.63, 3.8) is 0 Å². The Morgan fingerprint density at radius 1 is 1.54 bits per heavy atom. The fourth-order valence-electron chi connectivity index (χ4n) is 1.37. The standard InChI is InChI=1S/C8H14N2O3/c1-8(13)3-4-10(5-8)7(12)6(11)9-2/h13H,3-5H2,1-2H3,(H,9,11). The van der Waals surface area contributed by atoms with Crippen molar-refractivity contribution in [3.8, 4) is 0 Å². The Morgan fingerprint density at radius 3 is 2.54 bits per heavy atom. The van der Waals surface area contributed by atoms with Gasteiger partial charge in [0.2, 0.25) is 0 Å². The van der Waals surface area contributed by atoms with Gasteiger partial charge >= 0.3 is 11.8 Å². The molecule has 1 fully saturated rings. The smallest absolute Gasteiger partial charge is 0.311 e. The van der Waals surface area contributed by atoms with E-state index in [1.54, 1.807) is 6.92 Å². The molecule has 1 saturated heterocycles. The molecule has 0 aromatic carbocycles. The molecule has 2 N–H and O–H groups in total. The summed E-state index contributed by atoms with van der Waals surface area (Å²) in [5, 5.41) is 11.8. The lowest BCUT2D eigenvalue weighted by Gasteiger charge is -2.17. The quantitative estimate of drug-likeness (QED) is 0.463. The minimum Gasteiger partial charge on any atom is -0.388 e. The number of likely N-dealkylation sites (N-methyl/N-ethyl adjacent to an activating group) is 1. The van der Waals surface area contributed by atoms with E-state index in [1.165, 1.54) is 11.9 Å². The van der Waals surface area contributed by atoms with Crippen LogP contribution in [0.3, 0.4) is 0 Å². The van der Waals surface area contributed by atoms with Gasteiger partial charge in [0.25, 0.3) is 0 Å². The van der Waals surface area contributed by atoms with Gasteiger partial charge < -0.3 is 15.3 Å². The molecule has 0 radical (unpaired) electrons. The summed E-state index contributed by atoms with van der Waals surface area (Å²) in [6, 6.07) is 0. The molecule has 0 saturated carbocycles. The number of nitrogens with one attached hydrogen (secondary N) is 1. The van der Waals surface area contributed by atoms with Crippen LogP contribution in [0.4, 0.5) is 0 Å². The summed E-state index contributed by atoms with van der Waals surface area (Å²) in [4.78, 5) is 23.6. The maximum atomic E-state index is 11.3. The van der Waals surface area contributed by atoms with Gasteiger partial charge in [-0.25, -0.2) is 0 Å². The molecule has 5 heteroatoms. The average molecular weight is 186 g/mol. The molecule has 1 aliphatic rings. The lowest BCUT2D eigenvalue weighted by molar-refractivity contribution is -0.145. The lowest BCUT2D eigenvalue weighted by Crippen LogP contribution is -2.42. The SMILES string of the molecule is CNC(=O)C(=O)N1CCC(C)(O)C1. The topological polar surface area (TPSA) is 69.6 Å². The van der Waals surface area contributed by atoms with Gasteiger partial charge in [0, 0.05) is 20.1 Å². The Morgan fingerprint density at radius 2 is 2.15 bits per heavy atom. The van der Waals surface area contributed by atoms with Gasteiger partial charge in [-0.3, -0.25) is 9.59 Å². The van der Waals surface area contributed by atoms with Crippen LogP contribution in [0, 0.1) is 0 Å². The van der Waals surface area contributed by atoms with Gasteiger partial charge in [-0.05, 0) is 13.3 Å². The van der Waals surface area contributed by atoms with Crippen LogP contribution in [0.1, 0.15) is 13.3 Å². The first-order chi connectivity index (χ1) is 5.96. The van der Waals surface area contributed by atoms with E-state index in [9.17, 15) is 14.7 Å². The molecule has 1 unspecified atom stereocenters. The maximum Gasteiger partial charge on any atom is 0.311 e. The van der Waals surface area contributed by atoms with Crippen molar-refractivity contribution < 1.29 is 14.7 Å². The van der Waals surface area contributed by atoms with E-state index in [0.717, 1.165) is 0 Å². The summed E-state index contributed by atoms with van der Waals surface area (Å²) in [6.07, 6.45) is 0.524. The molecule has 0 spiro atoms. The second-order valence-corrected chi connectivity index (χ2v) is 3.55. The highest BCUT2D eigenvalue weighted by Gasteiger charge is 2.35. The number of hydrogen-bond acceptors (Lipinski definition) is 3. The summed E-state index contributed by atoms with van der Waals surface area (Å²) in [7, 11) is 1.41. The summed E-state index contributed by atoms with van der Waals surface area (Å²) in [5.74, 6) is -1.20. The number of hydrogen-bond donors (Lipinski definition) is 2. The van der Waals surface area contributed by atoms with Crippen LogP contribution in [0.25, 0.3) is 0 Å². The van der Waals surface area contributed by atoms with Crippen LogP contribution >= 0.6 is 0 Å². The van der Waals surface area contributed by atoms with Gasteiger partial charge in [-0.15, -0.1) is 0 Å². The molecule has 1 heterocycles. The maximum absolute atomic E-state index is 11.3. The van der Waals surface area contributed by atoms with E-state index in [4.69, 9.17) is 0 Å². The molecule has 5 nitrogen and oxygen atoms in total. The summed E-state index contributed by atoms with van der Waals surface area (Å²) < 4.78 is 0. The van der Waals surface area contributed by atoms with Crippen LogP contribution in [-0.4, -0.2) is 47.6 Å².